The van der Waals surface area contributed by atoms with Gasteiger partial charge in [-0.25, -0.2) is 0 Å². The Morgan fingerprint density at radius 1 is 1.15 bits per heavy atom. The lowest BCUT2D eigenvalue weighted by atomic mass is 9.97. The van der Waals surface area contributed by atoms with E-state index in [0.717, 1.165) is 32.5 Å². The number of benzene rings is 2. The molecule has 1 atom stereocenters. The van der Waals surface area contributed by atoms with Gasteiger partial charge in [-0.05, 0) is 60.4 Å². The summed E-state index contributed by atoms with van der Waals surface area (Å²) in [5.74, 6) is 0.858. The van der Waals surface area contributed by atoms with Crippen LogP contribution in [0.1, 0.15) is 28.4 Å². The van der Waals surface area contributed by atoms with Gasteiger partial charge in [0.1, 0.15) is 11.9 Å². The SMILES string of the molecule is COc1c(C)cc(C(O)c2ccc(Cl)cc2Br)cc1C. The van der Waals surface area contributed by atoms with Crippen molar-refractivity contribution in [3.63, 3.8) is 0 Å². The van der Waals surface area contributed by atoms with Gasteiger partial charge in [0.05, 0.1) is 7.11 Å². The zero-order chi connectivity index (χ0) is 14.9. The first-order chi connectivity index (χ1) is 9.43. The summed E-state index contributed by atoms with van der Waals surface area (Å²) in [6, 6.07) is 9.26. The van der Waals surface area contributed by atoms with Crippen LogP contribution in [0.2, 0.25) is 5.02 Å². The third kappa shape index (κ3) is 3.00. The van der Waals surface area contributed by atoms with Gasteiger partial charge in [0.2, 0.25) is 0 Å². The van der Waals surface area contributed by atoms with Crippen LogP contribution in [0.25, 0.3) is 0 Å². The Bertz CT molecular complexity index is 617. The molecule has 0 heterocycles. The van der Waals surface area contributed by atoms with E-state index in [0.29, 0.717) is 5.02 Å². The molecule has 20 heavy (non-hydrogen) atoms. The van der Waals surface area contributed by atoms with Crippen molar-refractivity contribution >= 4 is 27.5 Å². The number of aliphatic hydroxyl groups is 1. The average Bonchev–Trinajstić information content (AvgIpc) is 2.37. The summed E-state index contributed by atoms with van der Waals surface area (Å²) in [4.78, 5) is 0. The Labute approximate surface area is 132 Å². The van der Waals surface area contributed by atoms with E-state index in [1.165, 1.54) is 0 Å². The quantitative estimate of drug-likeness (QED) is 0.856. The van der Waals surface area contributed by atoms with Gasteiger partial charge in [-0.15, -0.1) is 0 Å². The van der Waals surface area contributed by atoms with E-state index in [4.69, 9.17) is 16.3 Å². The number of aryl methyl sites for hydroxylation is 2. The van der Waals surface area contributed by atoms with Crippen LogP contribution < -0.4 is 4.74 Å². The fourth-order valence-corrected chi connectivity index (χ4v) is 3.27. The molecule has 0 aromatic heterocycles. The fraction of sp³-hybridized carbons (Fsp3) is 0.250. The molecule has 0 aliphatic heterocycles. The van der Waals surface area contributed by atoms with Gasteiger partial charge < -0.3 is 9.84 Å². The van der Waals surface area contributed by atoms with E-state index >= 15 is 0 Å². The van der Waals surface area contributed by atoms with E-state index in [9.17, 15) is 5.11 Å². The smallest absolute Gasteiger partial charge is 0.124 e. The topological polar surface area (TPSA) is 29.5 Å². The van der Waals surface area contributed by atoms with E-state index in [1.807, 2.05) is 32.0 Å². The normalized spacial score (nSPS) is 12.3. The van der Waals surface area contributed by atoms with Crippen LogP contribution in [0.5, 0.6) is 5.75 Å². The predicted octanol–water partition coefficient (Wildman–Crippen LogP) is 4.81. The molecule has 0 saturated carbocycles. The average molecular weight is 356 g/mol. The summed E-state index contributed by atoms with van der Waals surface area (Å²) in [7, 11) is 1.65. The zero-order valence-electron chi connectivity index (χ0n) is 11.6. The van der Waals surface area contributed by atoms with Crippen LogP contribution in [-0.2, 0) is 0 Å². The molecule has 0 aliphatic carbocycles. The molecule has 2 rings (SSSR count). The molecule has 0 aliphatic rings. The van der Waals surface area contributed by atoms with Crippen molar-refractivity contribution < 1.29 is 9.84 Å². The Morgan fingerprint density at radius 2 is 1.75 bits per heavy atom. The molecule has 0 fully saturated rings. The molecule has 2 nitrogen and oxygen atoms in total. The van der Waals surface area contributed by atoms with E-state index < -0.39 is 6.10 Å². The van der Waals surface area contributed by atoms with Crippen molar-refractivity contribution in [2.45, 2.75) is 20.0 Å². The molecule has 0 radical (unpaired) electrons. The first kappa shape index (κ1) is 15.4. The highest BCUT2D eigenvalue weighted by Crippen LogP contribution is 2.33. The van der Waals surface area contributed by atoms with E-state index in [1.54, 1.807) is 19.2 Å². The summed E-state index contributed by atoms with van der Waals surface area (Å²) in [5, 5.41) is 11.2. The van der Waals surface area contributed by atoms with Crippen molar-refractivity contribution in [2.24, 2.45) is 0 Å². The number of rotatable bonds is 3. The summed E-state index contributed by atoms with van der Waals surface area (Å²) >= 11 is 9.37. The molecule has 2 aromatic rings. The molecule has 0 spiro atoms. The lowest BCUT2D eigenvalue weighted by Crippen LogP contribution is -2.03. The maximum atomic E-state index is 10.6. The van der Waals surface area contributed by atoms with Gasteiger partial charge in [-0.2, -0.15) is 0 Å². The summed E-state index contributed by atoms with van der Waals surface area (Å²) in [6.45, 7) is 3.94. The van der Waals surface area contributed by atoms with Gasteiger partial charge in [-0.3, -0.25) is 0 Å². The van der Waals surface area contributed by atoms with Crippen molar-refractivity contribution in [1.29, 1.82) is 0 Å². The third-order valence-electron chi connectivity index (χ3n) is 3.26. The highest BCUT2D eigenvalue weighted by molar-refractivity contribution is 9.10. The lowest BCUT2D eigenvalue weighted by molar-refractivity contribution is 0.219. The van der Waals surface area contributed by atoms with Crippen LogP contribution in [-0.4, -0.2) is 12.2 Å². The third-order valence-corrected chi connectivity index (χ3v) is 4.18. The summed E-state index contributed by atoms with van der Waals surface area (Å²) < 4.78 is 6.14. The number of hydrogen-bond acceptors (Lipinski definition) is 2. The Morgan fingerprint density at radius 3 is 2.25 bits per heavy atom. The van der Waals surface area contributed by atoms with E-state index in [-0.39, 0.29) is 0 Å². The Hall–Kier alpha value is -1.03. The molecule has 0 bridgehead atoms. The second-order valence-corrected chi connectivity index (χ2v) is 6.05. The lowest BCUT2D eigenvalue weighted by Gasteiger charge is -2.17. The van der Waals surface area contributed by atoms with Crippen LogP contribution in [0.4, 0.5) is 0 Å². The van der Waals surface area contributed by atoms with Crippen molar-refractivity contribution in [3.05, 3.63) is 62.1 Å². The van der Waals surface area contributed by atoms with Crippen LogP contribution in [0.15, 0.2) is 34.8 Å². The molecule has 1 unspecified atom stereocenters. The Balaban J connectivity index is 2.45. The summed E-state index contributed by atoms with van der Waals surface area (Å²) in [6.07, 6.45) is -0.704. The standard InChI is InChI=1S/C16H16BrClO2/c1-9-6-11(7-10(2)16(9)20-3)15(19)13-5-4-12(18)8-14(13)17/h4-8,15,19H,1-3H3. The van der Waals surface area contributed by atoms with Crippen molar-refractivity contribution in [3.8, 4) is 5.75 Å². The van der Waals surface area contributed by atoms with Gasteiger partial charge in [0.25, 0.3) is 0 Å². The Kier molecular flexibility index (Phi) is 4.74. The summed E-state index contributed by atoms with van der Waals surface area (Å²) in [5.41, 5.74) is 3.64. The maximum Gasteiger partial charge on any atom is 0.124 e. The number of methoxy groups -OCH3 is 1. The first-order valence-corrected chi connectivity index (χ1v) is 7.39. The monoisotopic (exact) mass is 354 g/mol. The second kappa shape index (κ2) is 6.17. The second-order valence-electron chi connectivity index (χ2n) is 4.76. The minimum Gasteiger partial charge on any atom is -0.496 e. The van der Waals surface area contributed by atoms with E-state index in [2.05, 4.69) is 15.9 Å². The van der Waals surface area contributed by atoms with Crippen LogP contribution in [0, 0.1) is 13.8 Å². The number of aliphatic hydroxyl groups excluding tert-OH is 1. The molecule has 0 saturated heterocycles. The highest BCUT2D eigenvalue weighted by atomic mass is 79.9. The van der Waals surface area contributed by atoms with Gasteiger partial charge in [0.15, 0.2) is 0 Å². The van der Waals surface area contributed by atoms with Gasteiger partial charge in [0, 0.05) is 9.50 Å². The van der Waals surface area contributed by atoms with Crippen LogP contribution in [0.3, 0.4) is 0 Å². The van der Waals surface area contributed by atoms with Crippen molar-refractivity contribution in [2.75, 3.05) is 7.11 Å². The van der Waals surface area contributed by atoms with Gasteiger partial charge in [-0.1, -0.05) is 33.6 Å². The predicted molar refractivity (Wildman–Crippen MR) is 85.7 cm³/mol. The number of halogens is 2. The van der Waals surface area contributed by atoms with Crippen molar-refractivity contribution in [1.82, 2.24) is 0 Å². The molecule has 2 aromatic carbocycles. The number of ether oxygens (including phenoxy) is 1. The van der Waals surface area contributed by atoms with Gasteiger partial charge >= 0.3 is 0 Å². The largest absolute Gasteiger partial charge is 0.496 e. The van der Waals surface area contributed by atoms with Crippen LogP contribution >= 0.6 is 27.5 Å². The molecule has 4 heteroatoms. The maximum absolute atomic E-state index is 10.6. The minimum absolute atomic E-state index is 0.634. The zero-order valence-corrected chi connectivity index (χ0v) is 13.9. The fourth-order valence-electron chi connectivity index (χ4n) is 2.37. The minimum atomic E-state index is -0.704. The molecular formula is C16H16BrClO2. The highest BCUT2D eigenvalue weighted by Gasteiger charge is 2.16. The first-order valence-electron chi connectivity index (χ1n) is 6.22. The number of hydrogen-bond donors (Lipinski definition) is 1. The molecule has 1 N–H and O–H groups in total. The molecular weight excluding hydrogens is 340 g/mol. The molecule has 0 amide bonds. The molecule has 106 valence electrons.